The van der Waals surface area contributed by atoms with E-state index in [4.69, 9.17) is 0 Å². The number of rotatable bonds is 8. The fourth-order valence-electron chi connectivity index (χ4n) is 2.70. The third-order valence-corrected chi connectivity index (χ3v) is 6.40. The molecule has 134 valence electrons. The van der Waals surface area contributed by atoms with Gasteiger partial charge in [0.1, 0.15) is 0 Å². The van der Waals surface area contributed by atoms with Crippen LogP contribution in [0, 0.1) is 0 Å². The van der Waals surface area contributed by atoms with Crippen LogP contribution in [0.4, 0.5) is 0 Å². The van der Waals surface area contributed by atoms with Gasteiger partial charge in [0, 0.05) is 22.1 Å². The molecule has 0 saturated carbocycles. The number of benzene rings is 3. The van der Waals surface area contributed by atoms with Crippen LogP contribution in [-0.2, 0) is 0 Å². The van der Waals surface area contributed by atoms with Crippen molar-refractivity contribution >= 4 is 23.5 Å². The molecule has 0 amide bonds. The summed E-state index contributed by atoms with van der Waals surface area (Å²) in [6, 6.07) is 30.4. The zero-order chi connectivity index (χ0) is 18.2. The van der Waals surface area contributed by atoms with Crippen LogP contribution in [0.15, 0.2) is 94.7 Å². The minimum absolute atomic E-state index is 0.381. The van der Waals surface area contributed by atoms with Gasteiger partial charge in [-0.2, -0.15) is 0 Å². The molecule has 0 aliphatic rings. The Hall–Kier alpha value is -1.68. The molecule has 0 saturated heterocycles. The summed E-state index contributed by atoms with van der Waals surface area (Å²) in [7, 11) is 4.27. The number of thioether (sulfide) groups is 1. The molecule has 3 aromatic rings. The summed E-state index contributed by atoms with van der Waals surface area (Å²) in [6.45, 7) is 1.09. The average molecular weight is 380 g/mol. The van der Waals surface area contributed by atoms with E-state index in [0.717, 1.165) is 12.3 Å². The molecule has 0 aromatic heterocycles. The van der Waals surface area contributed by atoms with Crippen molar-refractivity contribution in [2.45, 2.75) is 15.0 Å². The summed E-state index contributed by atoms with van der Waals surface area (Å²) in [5.41, 5.74) is 2.75. The van der Waals surface area contributed by atoms with Gasteiger partial charge in [0.25, 0.3) is 0 Å². The molecular weight excluding hydrogens is 354 g/mol. The van der Waals surface area contributed by atoms with Crippen molar-refractivity contribution in [2.75, 3.05) is 26.4 Å². The Morgan fingerprint density at radius 3 is 1.85 bits per heavy atom. The molecule has 0 radical (unpaired) electrons. The highest BCUT2D eigenvalue weighted by Gasteiger charge is 2.14. The van der Waals surface area contributed by atoms with Crippen LogP contribution in [0.5, 0.6) is 0 Å². The predicted molar refractivity (Wildman–Crippen MR) is 116 cm³/mol. The molecule has 0 aliphatic heterocycles. The third-order valence-electron chi connectivity index (χ3n) is 4.09. The Balaban J connectivity index is 1.75. The monoisotopic (exact) mass is 379 g/mol. The first-order valence-corrected chi connectivity index (χ1v) is 10.7. The fraction of sp³-hybridized carbons (Fsp3) is 0.217. The van der Waals surface area contributed by atoms with Crippen LogP contribution >= 0.6 is 23.5 Å². The van der Waals surface area contributed by atoms with Crippen molar-refractivity contribution in [2.24, 2.45) is 0 Å². The van der Waals surface area contributed by atoms with E-state index < -0.39 is 0 Å². The lowest BCUT2D eigenvalue weighted by molar-refractivity contribution is 0.437. The summed E-state index contributed by atoms with van der Waals surface area (Å²) >= 11 is 3.83. The molecule has 1 nitrogen and oxygen atoms in total. The Bertz CT molecular complexity index is 770. The normalized spacial score (nSPS) is 12.3. The van der Waals surface area contributed by atoms with E-state index in [9.17, 15) is 0 Å². The van der Waals surface area contributed by atoms with Crippen molar-refractivity contribution < 1.29 is 0 Å². The van der Waals surface area contributed by atoms with E-state index in [2.05, 4.69) is 104 Å². The van der Waals surface area contributed by atoms with Gasteiger partial charge in [0.15, 0.2) is 0 Å². The SMILES string of the molecule is CN(C)CCS[C@@H](c1ccccc1)c1ccc(Sc2ccccc2)cc1. The van der Waals surface area contributed by atoms with Crippen molar-refractivity contribution in [3.8, 4) is 0 Å². The third kappa shape index (κ3) is 5.66. The van der Waals surface area contributed by atoms with Crippen molar-refractivity contribution in [3.63, 3.8) is 0 Å². The predicted octanol–water partition coefficient (Wildman–Crippen LogP) is 6.22. The Kier molecular flexibility index (Phi) is 7.24. The number of hydrogen-bond acceptors (Lipinski definition) is 3. The smallest absolute Gasteiger partial charge is 0.0547 e. The number of hydrogen-bond donors (Lipinski definition) is 0. The largest absolute Gasteiger partial charge is 0.309 e. The molecule has 1 atom stereocenters. The van der Waals surface area contributed by atoms with Gasteiger partial charge in [0.2, 0.25) is 0 Å². The lowest BCUT2D eigenvalue weighted by Crippen LogP contribution is -2.15. The first-order chi connectivity index (χ1) is 12.7. The van der Waals surface area contributed by atoms with Gasteiger partial charge >= 0.3 is 0 Å². The Labute approximate surface area is 165 Å². The quantitative estimate of drug-likeness (QED) is 0.457. The van der Waals surface area contributed by atoms with Gasteiger partial charge in [-0.25, -0.2) is 0 Å². The minimum Gasteiger partial charge on any atom is -0.309 e. The topological polar surface area (TPSA) is 3.24 Å². The summed E-state index contributed by atoms with van der Waals surface area (Å²) in [5.74, 6) is 1.12. The van der Waals surface area contributed by atoms with Gasteiger partial charge in [-0.15, -0.1) is 11.8 Å². The van der Waals surface area contributed by atoms with E-state index in [1.165, 1.54) is 20.9 Å². The lowest BCUT2D eigenvalue weighted by atomic mass is 10.0. The van der Waals surface area contributed by atoms with E-state index in [0.29, 0.717) is 5.25 Å². The van der Waals surface area contributed by atoms with Gasteiger partial charge in [-0.1, -0.05) is 72.4 Å². The highest BCUT2D eigenvalue weighted by atomic mass is 32.2. The standard InChI is InChI=1S/C23H25NS2/c1-24(2)17-18-25-23(19-9-5-3-6-10-19)20-13-15-22(16-14-20)26-21-11-7-4-8-12-21/h3-16,23H,17-18H2,1-2H3/t23-/m0/s1. The van der Waals surface area contributed by atoms with Crippen LogP contribution in [-0.4, -0.2) is 31.3 Å². The molecule has 26 heavy (non-hydrogen) atoms. The molecule has 3 heteroatoms. The van der Waals surface area contributed by atoms with Crippen LogP contribution in [0.2, 0.25) is 0 Å². The van der Waals surface area contributed by atoms with Crippen LogP contribution in [0.25, 0.3) is 0 Å². The second-order valence-electron chi connectivity index (χ2n) is 6.45. The molecular formula is C23H25NS2. The Morgan fingerprint density at radius 2 is 1.23 bits per heavy atom. The summed E-state index contributed by atoms with van der Waals surface area (Å²) in [5, 5.41) is 0.381. The molecule has 0 bridgehead atoms. The highest BCUT2D eigenvalue weighted by molar-refractivity contribution is 7.99. The second kappa shape index (κ2) is 9.86. The maximum absolute atomic E-state index is 2.28. The molecule has 0 fully saturated rings. The van der Waals surface area contributed by atoms with Gasteiger partial charge in [-0.05, 0) is 49.5 Å². The summed E-state index contributed by atoms with van der Waals surface area (Å²) in [4.78, 5) is 4.81. The van der Waals surface area contributed by atoms with Crippen molar-refractivity contribution in [1.82, 2.24) is 4.90 Å². The minimum atomic E-state index is 0.381. The zero-order valence-electron chi connectivity index (χ0n) is 15.3. The fourth-order valence-corrected chi connectivity index (χ4v) is 4.94. The first kappa shape index (κ1) is 19.1. The van der Waals surface area contributed by atoms with E-state index in [-0.39, 0.29) is 0 Å². The first-order valence-electron chi connectivity index (χ1n) is 8.86. The Morgan fingerprint density at radius 1 is 0.692 bits per heavy atom. The van der Waals surface area contributed by atoms with E-state index in [1.54, 1.807) is 0 Å². The van der Waals surface area contributed by atoms with E-state index >= 15 is 0 Å². The average Bonchev–Trinajstić information content (AvgIpc) is 2.67. The molecule has 0 aliphatic carbocycles. The van der Waals surface area contributed by atoms with Gasteiger partial charge in [0.05, 0.1) is 5.25 Å². The molecule has 0 heterocycles. The summed E-state index contributed by atoms with van der Waals surface area (Å²) in [6.07, 6.45) is 0. The molecule has 0 N–H and O–H groups in total. The molecule has 3 rings (SSSR count). The zero-order valence-corrected chi connectivity index (χ0v) is 17.0. The summed E-state index contributed by atoms with van der Waals surface area (Å²) < 4.78 is 0. The highest BCUT2D eigenvalue weighted by Crippen LogP contribution is 2.37. The van der Waals surface area contributed by atoms with Crippen LogP contribution < -0.4 is 0 Å². The van der Waals surface area contributed by atoms with Crippen molar-refractivity contribution in [3.05, 3.63) is 96.1 Å². The van der Waals surface area contributed by atoms with Gasteiger partial charge in [-0.3, -0.25) is 0 Å². The molecule has 0 unspecified atom stereocenters. The van der Waals surface area contributed by atoms with E-state index in [1.807, 2.05) is 23.5 Å². The van der Waals surface area contributed by atoms with Gasteiger partial charge < -0.3 is 4.90 Å². The molecule has 0 spiro atoms. The number of nitrogens with zero attached hydrogens (tertiary/aromatic N) is 1. The second-order valence-corrected chi connectivity index (χ2v) is 8.81. The molecule has 3 aromatic carbocycles. The van der Waals surface area contributed by atoms with Crippen molar-refractivity contribution in [1.29, 1.82) is 0 Å². The van der Waals surface area contributed by atoms with Crippen LogP contribution in [0.3, 0.4) is 0 Å². The maximum atomic E-state index is 2.28. The lowest BCUT2D eigenvalue weighted by Gasteiger charge is -2.19. The van der Waals surface area contributed by atoms with Crippen LogP contribution in [0.1, 0.15) is 16.4 Å². The maximum Gasteiger partial charge on any atom is 0.0547 e.